The van der Waals surface area contributed by atoms with E-state index in [0.29, 0.717) is 24.2 Å². The molecule has 0 aromatic heterocycles. The predicted molar refractivity (Wildman–Crippen MR) is 63.3 cm³/mol. The van der Waals surface area contributed by atoms with Crippen LogP contribution < -0.4 is 5.73 Å². The van der Waals surface area contributed by atoms with Crippen molar-refractivity contribution in [3.05, 3.63) is 34.9 Å². The Labute approximate surface area is 105 Å². The first-order chi connectivity index (χ1) is 8.37. The van der Waals surface area contributed by atoms with Gasteiger partial charge in [0.1, 0.15) is 0 Å². The summed E-state index contributed by atoms with van der Waals surface area (Å²) in [4.78, 5) is 11.1. The third-order valence-corrected chi connectivity index (χ3v) is 3.11. The molecule has 1 aromatic carbocycles. The molecular weight excluding hydrogens is 258 g/mol. The van der Waals surface area contributed by atoms with Crippen LogP contribution in [0.5, 0.6) is 0 Å². The molecule has 0 unspecified atom stereocenters. The number of hydrogen-bond donors (Lipinski definition) is 1. The number of primary amides is 1. The molecule has 0 saturated heterocycles. The number of carbonyl (C=O) groups is 1. The maximum Gasteiger partial charge on any atom is 0.267 e. The van der Waals surface area contributed by atoms with Gasteiger partial charge in [-0.2, -0.15) is 8.42 Å². The Hall–Kier alpha value is -1.44. The molecule has 1 atom stereocenters. The molecule has 0 spiro atoms. The second-order valence-electron chi connectivity index (χ2n) is 4.03. The average molecular weight is 271 g/mol. The standard InChI is InChI=1S/C11H13NO5S/c1-18(14,15)17-11-9-3-2-8(10(12)13)6-7(9)4-5-16-11/h2-3,6,11H,4-5H2,1H3,(H2,12,13)/t11-/m0/s1. The number of rotatable bonds is 3. The van der Waals surface area contributed by atoms with Gasteiger partial charge in [0.2, 0.25) is 12.2 Å². The van der Waals surface area contributed by atoms with Gasteiger partial charge in [0, 0.05) is 11.1 Å². The van der Waals surface area contributed by atoms with Crippen molar-refractivity contribution in [3.63, 3.8) is 0 Å². The largest absolute Gasteiger partial charge is 0.366 e. The van der Waals surface area contributed by atoms with Crippen molar-refractivity contribution < 1.29 is 22.1 Å². The van der Waals surface area contributed by atoms with Crippen molar-refractivity contribution in [3.8, 4) is 0 Å². The summed E-state index contributed by atoms with van der Waals surface area (Å²) in [5.41, 5.74) is 6.99. The molecule has 0 bridgehead atoms. The molecule has 6 nitrogen and oxygen atoms in total. The molecule has 2 rings (SSSR count). The van der Waals surface area contributed by atoms with Gasteiger partial charge in [-0.3, -0.25) is 4.79 Å². The van der Waals surface area contributed by atoms with Gasteiger partial charge >= 0.3 is 0 Å². The van der Waals surface area contributed by atoms with Crippen LogP contribution in [-0.4, -0.2) is 27.2 Å². The molecule has 0 radical (unpaired) electrons. The molecule has 18 heavy (non-hydrogen) atoms. The maximum atomic E-state index is 11.1. The predicted octanol–water partition coefficient (Wildman–Crippen LogP) is 0.333. The number of nitrogens with two attached hydrogens (primary N) is 1. The Morgan fingerprint density at radius 1 is 1.50 bits per heavy atom. The quantitative estimate of drug-likeness (QED) is 0.799. The molecule has 1 heterocycles. The number of fused-ring (bicyclic) bond motifs is 1. The van der Waals surface area contributed by atoms with E-state index in [-0.39, 0.29) is 0 Å². The van der Waals surface area contributed by atoms with Gasteiger partial charge < -0.3 is 10.5 Å². The molecule has 7 heteroatoms. The normalized spacial score (nSPS) is 19.3. The minimum Gasteiger partial charge on any atom is -0.366 e. The number of amides is 1. The second kappa shape index (κ2) is 4.68. The van der Waals surface area contributed by atoms with Crippen LogP contribution in [-0.2, 0) is 25.5 Å². The lowest BCUT2D eigenvalue weighted by Gasteiger charge is -2.25. The van der Waals surface area contributed by atoms with Crippen LogP contribution in [0.15, 0.2) is 18.2 Å². The fourth-order valence-corrected chi connectivity index (χ4v) is 2.29. The van der Waals surface area contributed by atoms with E-state index in [9.17, 15) is 13.2 Å². The Balaban J connectivity index is 2.36. The van der Waals surface area contributed by atoms with Gasteiger partial charge in [0.05, 0.1) is 12.9 Å². The third-order valence-electron chi connectivity index (χ3n) is 2.58. The number of benzene rings is 1. The smallest absolute Gasteiger partial charge is 0.267 e. The fourth-order valence-electron chi connectivity index (χ4n) is 1.81. The monoisotopic (exact) mass is 271 g/mol. The van der Waals surface area contributed by atoms with Crippen LogP contribution in [0.1, 0.15) is 27.8 Å². The SMILES string of the molecule is CS(=O)(=O)O[C@@H]1OCCc2cc(C(N)=O)ccc21. The van der Waals surface area contributed by atoms with Gasteiger partial charge in [0.25, 0.3) is 10.1 Å². The third kappa shape index (κ3) is 2.87. The Kier molecular flexibility index (Phi) is 3.38. The molecule has 1 aliphatic heterocycles. The summed E-state index contributed by atoms with van der Waals surface area (Å²) in [6.07, 6.45) is 0.591. The van der Waals surface area contributed by atoms with Crippen LogP contribution in [0.25, 0.3) is 0 Å². The summed E-state index contributed by atoms with van der Waals surface area (Å²) >= 11 is 0. The van der Waals surface area contributed by atoms with E-state index < -0.39 is 22.3 Å². The second-order valence-corrected chi connectivity index (χ2v) is 5.63. The molecule has 0 aliphatic carbocycles. The lowest BCUT2D eigenvalue weighted by atomic mass is 9.99. The van der Waals surface area contributed by atoms with Gasteiger partial charge in [-0.1, -0.05) is 6.07 Å². The highest BCUT2D eigenvalue weighted by Crippen LogP contribution is 2.29. The molecular formula is C11H13NO5S. The number of carbonyl (C=O) groups excluding carboxylic acids is 1. The summed E-state index contributed by atoms with van der Waals surface area (Å²) in [5.74, 6) is -0.523. The van der Waals surface area contributed by atoms with Crippen molar-refractivity contribution in [2.45, 2.75) is 12.7 Å². The molecule has 1 aromatic rings. The molecule has 0 fully saturated rings. The van der Waals surface area contributed by atoms with Crippen molar-refractivity contribution in [1.82, 2.24) is 0 Å². The molecule has 1 amide bonds. The Bertz CT molecular complexity index is 581. The average Bonchev–Trinajstić information content (AvgIpc) is 2.26. The van der Waals surface area contributed by atoms with Crippen LogP contribution in [0.3, 0.4) is 0 Å². The summed E-state index contributed by atoms with van der Waals surface area (Å²) in [6.45, 7) is 0.329. The van der Waals surface area contributed by atoms with Gasteiger partial charge in [-0.15, -0.1) is 0 Å². The van der Waals surface area contributed by atoms with Crippen molar-refractivity contribution in [2.24, 2.45) is 5.73 Å². The Morgan fingerprint density at radius 3 is 2.83 bits per heavy atom. The first-order valence-corrected chi connectivity index (χ1v) is 7.11. The lowest BCUT2D eigenvalue weighted by molar-refractivity contribution is -0.0870. The summed E-state index contributed by atoms with van der Waals surface area (Å²) in [6, 6.07) is 4.76. The van der Waals surface area contributed by atoms with E-state index >= 15 is 0 Å². The van der Waals surface area contributed by atoms with E-state index in [0.717, 1.165) is 11.8 Å². The van der Waals surface area contributed by atoms with Crippen LogP contribution in [0, 0.1) is 0 Å². The van der Waals surface area contributed by atoms with E-state index in [2.05, 4.69) is 0 Å². The van der Waals surface area contributed by atoms with Crippen LogP contribution >= 0.6 is 0 Å². The molecule has 98 valence electrons. The zero-order valence-corrected chi connectivity index (χ0v) is 10.6. The van der Waals surface area contributed by atoms with E-state index in [1.807, 2.05) is 0 Å². The number of ether oxygens (including phenoxy) is 1. The molecule has 1 aliphatic rings. The summed E-state index contributed by atoms with van der Waals surface area (Å²) in [5, 5.41) is 0. The first-order valence-electron chi connectivity index (χ1n) is 5.29. The minimum absolute atomic E-state index is 0.329. The molecule has 0 saturated carbocycles. The van der Waals surface area contributed by atoms with E-state index in [4.69, 9.17) is 14.7 Å². The van der Waals surface area contributed by atoms with Crippen LogP contribution in [0.2, 0.25) is 0 Å². The van der Waals surface area contributed by atoms with E-state index in [1.165, 1.54) is 6.07 Å². The highest BCUT2D eigenvalue weighted by molar-refractivity contribution is 7.85. The topological polar surface area (TPSA) is 95.7 Å². The van der Waals surface area contributed by atoms with Gasteiger partial charge in [-0.05, 0) is 24.1 Å². The zero-order valence-electron chi connectivity index (χ0n) is 9.75. The van der Waals surface area contributed by atoms with Crippen molar-refractivity contribution in [1.29, 1.82) is 0 Å². The van der Waals surface area contributed by atoms with Crippen molar-refractivity contribution >= 4 is 16.0 Å². The molecule has 2 N–H and O–H groups in total. The fraction of sp³-hybridized carbons (Fsp3) is 0.364. The van der Waals surface area contributed by atoms with Crippen LogP contribution in [0.4, 0.5) is 0 Å². The summed E-state index contributed by atoms with van der Waals surface area (Å²) < 4.78 is 32.3. The van der Waals surface area contributed by atoms with Gasteiger partial charge in [-0.25, -0.2) is 4.18 Å². The maximum absolute atomic E-state index is 11.1. The highest BCUT2D eigenvalue weighted by Gasteiger charge is 2.25. The lowest BCUT2D eigenvalue weighted by Crippen LogP contribution is -2.22. The zero-order chi connectivity index (χ0) is 13.3. The van der Waals surface area contributed by atoms with Crippen molar-refractivity contribution in [2.75, 3.05) is 12.9 Å². The highest BCUT2D eigenvalue weighted by atomic mass is 32.2. The van der Waals surface area contributed by atoms with Gasteiger partial charge in [0.15, 0.2) is 0 Å². The first kappa shape index (κ1) is 13.0. The van der Waals surface area contributed by atoms with E-state index in [1.54, 1.807) is 12.1 Å². The number of hydrogen-bond acceptors (Lipinski definition) is 5. The minimum atomic E-state index is -3.61. The Morgan fingerprint density at radius 2 is 2.22 bits per heavy atom. The summed E-state index contributed by atoms with van der Waals surface area (Å²) in [7, 11) is -3.61.